The number of carbonyl (C=O) groups is 2. The van der Waals surface area contributed by atoms with E-state index in [2.05, 4.69) is 5.32 Å². The average Bonchev–Trinajstić information content (AvgIpc) is 2.67. The third-order valence-corrected chi connectivity index (χ3v) is 5.38. The highest BCUT2D eigenvalue weighted by molar-refractivity contribution is 7.52. The van der Waals surface area contributed by atoms with Gasteiger partial charge in [-0.25, -0.2) is 0 Å². The van der Waals surface area contributed by atoms with Gasteiger partial charge in [-0.2, -0.15) is 0 Å². The number of nitrogens with one attached hydrogen (secondary N) is 1. The zero-order valence-corrected chi connectivity index (χ0v) is 16.3. The van der Waals surface area contributed by atoms with E-state index < -0.39 is 25.6 Å². The molecule has 28 heavy (non-hydrogen) atoms. The van der Waals surface area contributed by atoms with Crippen LogP contribution in [0, 0.1) is 0 Å². The Bertz CT molecular complexity index is 812. The Hall–Kier alpha value is -2.47. The van der Waals surface area contributed by atoms with Crippen molar-refractivity contribution in [1.29, 1.82) is 0 Å². The van der Waals surface area contributed by atoms with Gasteiger partial charge in [0.2, 0.25) is 5.91 Å². The van der Waals surface area contributed by atoms with Crippen molar-refractivity contribution < 1.29 is 28.7 Å². The Balaban J connectivity index is 2.02. The predicted molar refractivity (Wildman–Crippen MR) is 105 cm³/mol. The van der Waals surface area contributed by atoms with Crippen molar-refractivity contribution in [3.05, 3.63) is 71.8 Å². The summed E-state index contributed by atoms with van der Waals surface area (Å²) in [6, 6.07) is 18.2. The molecule has 0 aromatic heterocycles. The number of amides is 1. The topological polar surface area (TPSA) is 113 Å². The van der Waals surface area contributed by atoms with E-state index in [0.29, 0.717) is 6.42 Å². The first-order valence-electron chi connectivity index (χ1n) is 8.93. The summed E-state index contributed by atoms with van der Waals surface area (Å²) in [4.78, 5) is 33.3. The second kappa shape index (κ2) is 10.8. The molecule has 2 rings (SSSR count). The Kier molecular flexibility index (Phi) is 8.39. The fourth-order valence-electron chi connectivity index (χ4n) is 2.58. The summed E-state index contributed by atoms with van der Waals surface area (Å²) in [5, 5.41) is 11.2. The first-order valence-corrected chi connectivity index (χ1v) is 10.7. The fourth-order valence-corrected chi connectivity index (χ4v) is 3.79. The molecule has 2 atom stereocenters. The van der Waals surface area contributed by atoms with Crippen LogP contribution in [-0.4, -0.2) is 40.7 Å². The zero-order valence-electron chi connectivity index (χ0n) is 15.4. The van der Waals surface area contributed by atoms with Crippen LogP contribution >= 0.6 is 7.60 Å². The number of hydrogen-bond donors (Lipinski definition) is 3. The smallest absolute Gasteiger partial charge is 0.329 e. The van der Waals surface area contributed by atoms with E-state index in [1.54, 1.807) is 24.3 Å². The summed E-state index contributed by atoms with van der Waals surface area (Å²) in [6.07, 6.45) is -1.11. The van der Waals surface area contributed by atoms with Crippen molar-refractivity contribution >= 4 is 19.5 Å². The van der Waals surface area contributed by atoms with Crippen molar-refractivity contribution in [1.82, 2.24) is 5.32 Å². The number of benzene rings is 2. The van der Waals surface area contributed by atoms with Gasteiger partial charge in [0.15, 0.2) is 0 Å². The lowest BCUT2D eigenvalue weighted by Gasteiger charge is -2.21. The predicted octanol–water partition coefficient (Wildman–Crippen LogP) is 2.63. The van der Waals surface area contributed by atoms with Crippen LogP contribution in [-0.2, 0) is 31.5 Å². The maximum absolute atomic E-state index is 12.5. The van der Waals surface area contributed by atoms with Crippen LogP contribution < -0.4 is 5.32 Å². The second-order valence-electron chi connectivity index (χ2n) is 6.32. The quantitative estimate of drug-likeness (QED) is 0.496. The zero-order chi connectivity index (χ0) is 20.4. The minimum atomic E-state index is -4.03. The van der Waals surface area contributed by atoms with Gasteiger partial charge in [0.05, 0.1) is 12.6 Å². The largest absolute Gasteiger partial charge is 0.481 e. The molecule has 0 bridgehead atoms. The number of carbonyl (C=O) groups excluding carboxylic acids is 1. The van der Waals surface area contributed by atoms with Crippen molar-refractivity contribution in [3.8, 4) is 0 Å². The van der Waals surface area contributed by atoms with Crippen LogP contribution in [0.4, 0.5) is 0 Å². The lowest BCUT2D eigenvalue weighted by Crippen LogP contribution is -2.38. The molecule has 0 saturated heterocycles. The molecular formula is C20H24NO6P. The van der Waals surface area contributed by atoms with Crippen molar-refractivity contribution in [2.24, 2.45) is 0 Å². The van der Waals surface area contributed by atoms with E-state index in [1.165, 1.54) is 0 Å². The minimum Gasteiger partial charge on any atom is -0.481 e. The molecule has 0 aliphatic rings. The number of aliphatic carboxylic acids is 1. The molecule has 150 valence electrons. The molecule has 8 heteroatoms. The molecule has 0 heterocycles. The third-order valence-electron chi connectivity index (χ3n) is 4.01. The van der Waals surface area contributed by atoms with Gasteiger partial charge in [-0.3, -0.25) is 18.7 Å². The Labute approximate surface area is 163 Å². The van der Waals surface area contributed by atoms with Gasteiger partial charge in [0.1, 0.15) is 6.10 Å². The summed E-state index contributed by atoms with van der Waals surface area (Å²) >= 11 is 0. The van der Waals surface area contributed by atoms with E-state index in [9.17, 15) is 19.0 Å². The lowest BCUT2D eigenvalue weighted by molar-refractivity contribution is -0.137. The SMILES string of the molecule is O=C(O)CCNC(=O)[C@H](Cc1ccccc1)OP(=O)(O)CCc1ccccc1. The van der Waals surface area contributed by atoms with Gasteiger partial charge in [-0.1, -0.05) is 60.7 Å². The summed E-state index contributed by atoms with van der Waals surface area (Å²) in [5.41, 5.74) is 1.66. The molecule has 1 unspecified atom stereocenters. The molecule has 0 spiro atoms. The maximum Gasteiger partial charge on any atom is 0.329 e. The molecule has 2 aromatic rings. The highest BCUT2D eigenvalue weighted by atomic mass is 31.2. The summed E-state index contributed by atoms with van der Waals surface area (Å²) in [5.74, 6) is -1.66. The first-order chi connectivity index (χ1) is 13.4. The molecule has 0 aliphatic carbocycles. The Morgan fingerprint density at radius 3 is 2.14 bits per heavy atom. The van der Waals surface area contributed by atoms with Crippen LogP contribution in [0.15, 0.2) is 60.7 Å². The molecule has 0 radical (unpaired) electrons. The van der Waals surface area contributed by atoms with Gasteiger partial charge >= 0.3 is 13.6 Å². The number of rotatable bonds is 11. The molecule has 3 N–H and O–H groups in total. The molecule has 0 aliphatic heterocycles. The Morgan fingerprint density at radius 2 is 1.57 bits per heavy atom. The van der Waals surface area contributed by atoms with Gasteiger partial charge in [0.25, 0.3) is 0 Å². The standard InChI is InChI=1S/C20H24NO6P/c22-19(23)11-13-21-20(24)18(15-17-9-5-2-6-10-17)27-28(25,26)14-12-16-7-3-1-4-8-16/h1-10,18H,11-15H2,(H,21,24)(H,22,23)(H,25,26)/t18-/m0/s1. The summed E-state index contributed by atoms with van der Waals surface area (Å²) in [7, 11) is -4.03. The summed E-state index contributed by atoms with van der Waals surface area (Å²) < 4.78 is 17.9. The van der Waals surface area contributed by atoms with Crippen molar-refractivity contribution in [2.45, 2.75) is 25.4 Å². The first kappa shape index (κ1) is 21.8. The van der Waals surface area contributed by atoms with Gasteiger partial charge in [-0.05, 0) is 17.5 Å². The number of aryl methyl sites for hydroxylation is 1. The van der Waals surface area contributed by atoms with Crippen LogP contribution in [0.5, 0.6) is 0 Å². The molecule has 7 nitrogen and oxygen atoms in total. The van der Waals surface area contributed by atoms with E-state index in [1.807, 2.05) is 36.4 Å². The number of hydrogen-bond acceptors (Lipinski definition) is 4. The second-order valence-corrected chi connectivity index (χ2v) is 8.25. The van der Waals surface area contributed by atoms with E-state index >= 15 is 0 Å². The van der Waals surface area contributed by atoms with E-state index in [-0.39, 0.29) is 25.5 Å². The highest BCUT2D eigenvalue weighted by Gasteiger charge is 2.29. The maximum atomic E-state index is 12.5. The minimum absolute atomic E-state index is 0.0808. The van der Waals surface area contributed by atoms with Crippen molar-refractivity contribution in [3.63, 3.8) is 0 Å². The van der Waals surface area contributed by atoms with Crippen LogP contribution in [0.3, 0.4) is 0 Å². The average molecular weight is 405 g/mol. The Morgan fingerprint density at radius 1 is 1.00 bits per heavy atom. The monoisotopic (exact) mass is 405 g/mol. The molecular weight excluding hydrogens is 381 g/mol. The molecule has 2 aromatic carbocycles. The lowest BCUT2D eigenvalue weighted by atomic mass is 10.1. The highest BCUT2D eigenvalue weighted by Crippen LogP contribution is 2.44. The molecule has 0 fully saturated rings. The van der Waals surface area contributed by atoms with Gasteiger partial charge < -0.3 is 15.3 Å². The number of carboxylic acid groups (broad SMARTS) is 1. The number of carboxylic acids is 1. The molecule has 0 saturated carbocycles. The van der Waals surface area contributed by atoms with E-state index in [4.69, 9.17) is 9.63 Å². The molecule has 1 amide bonds. The summed E-state index contributed by atoms with van der Waals surface area (Å²) in [6.45, 7) is -0.0808. The van der Waals surface area contributed by atoms with Crippen molar-refractivity contribution in [2.75, 3.05) is 12.7 Å². The van der Waals surface area contributed by atoms with Crippen LogP contribution in [0.1, 0.15) is 17.5 Å². The van der Waals surface area contributed by atoms with Gasteiger partial charge in [0, 0.05) is 13.0 Å². The normalized spacial score (nSPS) is 14.0. The van der Waals surface area contributed by atoms with Crippen LogP contribution in [0.25, 0.3) is 0 Å². The fraction of sp³-hybridized carbons (Fsp3) is 0.300. The van der Waals surface area contributed by atoms with E-state index in [0.717, 1.165) is 11.1 Å². The van der Waals surface area contributed by atoms with Gasteiger partial charge in [-0.15, -0.1) is 0 Å². The van der Waals surface area contributed by atoms with Crippen LogP contribution in [0.2, 0.25) is 0 Å². The third kappa shape index (κ3) is 8.05.